The van der Waals surface area contributed by atoms with E-state index in [2.05, 4.69) is 15.7 Å². The van der Waals surface area contributed by atoms with Crippen molar-refractivity contribution in [2.75, 3.05) is 26.1 Å². The van der Waals surface area contributed by atoms with E-state index in [1.165, 1.54) is 0 Å². The number of hydrogen-bond donors (Lipinski definition) is 2. The fraction of sp³-hybridized carbons (Fsp3) is 0.292. The molecule has 0 aliphatic carbocycles. The number of fused-ring (bicyclic) bond motifs is 1. The molecule has 1 aromatic heterocycles. The molecule has 1 atom stereocenters. The molecule has 8 nitrogen and oxygen atoms in total. The maximum Gasteiger partial charge on any atom is 0.251 e. The van der Waals surface area contributed by atoms with Crippen molar-refractivity contribution in [1.29, 1.82) is 0 Å². The lowest BCUT2D eigenvalue weighted by atomic mass is 10.1. The van der Waals surface area contributed by atoms with Gasteiger partial charge in [-0.05, 0) is 29.7 Å². The minimum atomic E-state index is -0.711. The molecule has 3 aromatic rings. The zero-order valence-electron chi connectivity index (χ0n) is 18.1. The molecule has 0 radical (unpaired) electrons. The number of anilines is 1. The molecule has 2 aromatic carbocycles. The van der Waals surface area contributed by atoms with Gasteiger partial charge in [0.05, 0.1) is 31.4 Å². The quantitative estimate of drug-likeness (QED) is 0.540. The normalized spacial score (nSPS) is 14.7. The third-order valence-electron chi connectivity index (χ3n) is 5.42. The van der Waals surface area contributed by atoms with Crippen LogP contribution in [0.5, 0.6) is 5.75 Å². The minimum absolute atomic E-state index is 0.0132. The predicted molar refractivity (Wildman–Crippen MR) is 120 cm³/mol. The lowest BCUT2D eigenvalue weighted by Gasteiger charge is -2.10. The first-order valence-corrected chi connectivity index (χ1v) is 10.5. The molecule has 0 saturated carbocycles. The molecule has 2 N–H and O–H groups in total. The Morgan fingerprint density at radius 2 is 1.97 bits per heavy atom. The average Bonchev–Trinajstić information content (AvgIpc) is 3.29. The first kappa shape index (κ1) is 21.6. The number of methoxy groups -OCH3 is 2. The van der Waals surface area contributed by atoms with E-state index < -0.39 is 6.04 Å². The third kappa shape index (κ3) is 4.50. The number of aromatic nitrogens is 2. The summed E-state index contributed by atoms with van der Waals surface area (Å²) in [5, 5.41) is 10.4. The van der Waals surface area contributed by atoms with Crippen LogP contribution >= 0.6 is 0 Å². The molecule has 166 valence electrons. The van der Waals surface area contributed by atoms with E-state index >= 15 is 0 Å². The monoisotopic (exact) mass is 434 g/mol. The Morgan fingerprint density at radius 1 is 1.16 bits per heavy atom. The summed E-state index contributed by atoms with van der Waals surface area (Å²) in [6, 6.07) is 16.8. The number of rotatable bonds is 9. The topological polar surface area (TPSA) is 94.5 Å². The van der Waals surface area contributed by atoms with Crippen molar-refractivity contribution < 1.29 is 19.1 Å². The number of amides is 2. The van der Waals surface area contributed by atoms with Gasteiger partial charge in [-0.15, -0.1) is 0 Å². The van der Waals surface area contributed by atoms with Crippen LogP contribution in [0.25, 0.3) is 11.1 Å². The second-order valence-corrected chi connectivity index (χ2v) is 7.57. The van der Waals surface area contributed by atoms with E-state index in [0.717, 1.165) is 23.1 Å². The van der Waals surface area contributed by atoms with Crippen LogP contribution in [0.4, 0.5) is 5.82 Å². The van der Waals surface area contributed by atoms with Crippen molar-refractivity contribution in [2.24, 2.45) is 0 Å². The molecule has 1 aliphatic rings. The van der Waals surface area contributed by atoms with Gasteiger partial charge < -0.3 is 20.1 Å². The number of ether oxygens (including phenoxy) is 2. The molecule has 0 bridgehead atoms. The number of carbonyl (C=O) groups is 2. The molecule has 0 saturated heterocycles. The highest BCUT2D eigenvalue weighted by Crippen LogP contribution is 2.39. The van der Waals surface area contributed by atoms with Gasteiger partial charge in [0.1, 0.15) is 17.6 Å². The minimum Gasteiger partial charge on any atom is -0.497 e. The maximum absolute atomic E-state index is 12.7. The lowest BCUT2D eigenvalue weighted by Crippen LogP contribution is -2.30. The SMILES string of the molecule is COCc1nn2c(c1-c1cccc(OC)c1)NC(=O)C2CC(=O)NCCc1ccccc1. The van der Waals surface area contributed by atoms with E-state index in [4.69, 9.17) is 9.47 Å². The van der Waals surface area contributed by atoms with Gasteiger partial charge in [0.2, 0.25) is 5.91 Å². The van der Waals surface area contributed by atoms with Crippen LogP contribution < -0.4 is 15.4 Å². The van der Waals surface area contributed by atoms with E-state index in [1.807, 2.05) is 54.6 Å². The molecule has 8 heteroatoms. The van der Waals surface area contributed by atoms with E-state index in [1.54, 1.807) is 18.9 Å². The van der Waals surface area contributed by atoms with Gasteiger partial charge in [-0.2, -0.15) is 5.10 Å². The standard InChI is InChI=1S/C24H26N4O4/c1-31-15-19-22(17-9-6-10-18(13-17)32-2)23-26-24(30)20(28(23)27-19)14-21(29)25-12-11-16-7-4-3-5-8-16/h3-10,13,20H,11-12,14-15H2,1-2H3,(H,25,29)(H,26,30). The van der Waals surface area contributed by atoms with Crippen LogP contribution in [0.3, 0.4) is 0 Å². The van der Waals surface area contributed by atoms with Gasteiger partial charge in [-0.25, -0.2) is 4.68 Å². The van der Waals surface area contributed by atoms with Crippen molar-refractivity contribution in [1.82, 2.24) is 15.1 Å². The Labute approximate surface area is 186 Å². The number of hydrogen-bond acceptors (Lipinski definition) is 5. The first-order chi connectivity index (χ1) is 15.6. The molecule has 0 spiro atoms. The first-order valence-electron chi connectivity index (χ1n) is 10.5. The Hall–Kier alpha value is -3.65. The lowest BCUT2D eigenvalue weighted by molar-refractivity contribution is -0.126. The summed E-state index contributed by atoms with van der Waals surface area (Å²) >= 11 is 0. The Bertz CT molecular complexity index is 1110. The largest absolute Gasteiger partial charge is 0.497 e. The van der Waals surface area contributed by atoms with Crippen LogP contribution in [-0.2, 0) is 27.4 Å². The summed E-state index contributed by atoms with van der Waals surface area (Å²) in [6.45, 7) is 0.783. The van der Waals surface area contributed by atoms with Gasteiger partial charge in [-0.3, -0.25) is 9.59 Å². The molecule has 2 amide bonds. The highest BCUT2D eigenvalue weighted by molar-refractivity contribution is 6.03. The summed E-state index contributed by atoms with van der Waals surface area (Å²) in [5.74, 6) is 0.821. The Morgan fingerprint density at radius 3 is 2.72 bits per heavy atom. The molecule has 2 heterocycles. The fourth-order valence-corrected chi connectivity index (χ4v) is 3.88. The van der Waals surface area contributed by atoms with Crippen molar-refractivity contribution in [2.45, 2.75) is 25.5 Å². The Balaban J connectivity index is 1.52. The summed E-state index contributed by atoms with van der Waals surface area (Å²) in [6.07, 6.45) is 0.744. The fourth-order valence-electron chi connectivity index (χ4n) is 3.88. The van der Waals surface area contributed by atoms with E-state index in [-0.39, 0.29) is 24.8 Å². The van der Waals surface area contributed by atoms with Gasteiger partial charge in [0.25, 0.3) is 5.91 Å². The molecule has 1 aliphatic heterocycles. The molecule has 4 rings (SSSR count). The van der Waals surface area contributed by atoms with Crippen LogP contribution in [-0.4, -0.2) is 42.4 Å². The molecular formula is C24H26N4O4. The van der Waals surface area contributed by atoms with Crippen molar-refractivity contribution >= 4 is 17.6 Å². The molecular weight excluding hydrogens is 408 g/mol. The highest BCUT2D eigenvalue weighted by Gasteiger charge is 2.37. The van der Waals surface area contributed by atoms with Crippen LogP contribution in [0, 0.1) is 0 Å². The maximum atomic E-state index is 12.7. The van der Waals surface area contributed by atoms with Crippen LogP contribution in [0.15, 0.2) is 54.6 Å². The van der Waals surface area contributed by atoms with Crippen LogP contribution in [0.2, 0.25) is 0 Å². The summed E-state index contributed by atoms with van der Waals surface area (Å²) < 4.78 is 12.3. The summed E-state index contributed by atoms with van der Waals surface area (Å²) in [5.41, 5.74) is 3.45. The number of nitrogens with zero attached hydrogens (tertiary/aromatic N) is 2. The smallest absolute Gasteiger partial charge is 0.251 e. The van der Waals surface area contributed by atoms with Gasteiger partial charge in [-0.1, -0.05) is 42.5 Å². The molecule has 0 fully saturated rings. The van der Waals surface area contributed by atoms with Gasteiger partial charge in [0, 0.05) is 13.7 Å². The van der Waals surface area contributed by atoms with Gasteiger partial charge in [0.15, 0.2) is 0 Å². The predicted octanol–water partition coefficient (Wildman–Crippen LogP) is 2.95. The van der Waals surface area contributed by atoms with Crippen molar-refractivity contribution in [3.63, 3.8) is 0 Å². The molecule has 32 heavy (non-hydrogen) atoms. The zero-order valence-corrected chi connectivity index (χ0v) is 18.1. The Kier molecular flexibility index (Phi) is 6.51. The van der Waals surface area contributed by atoms with Crippen molar-refractivity contribution in [3.8, 4) is 16.9 Å². The number of nitrogens with one attached hydrogen (secondary N) is 2. The molecule has 1 unspecified atom stereocenters. The zero-order chi connectivity index (χ0) is 22.5. The van der Waals surface area contributed by atoms with Crippen molar-refractivity contribution in [3.05, 3.63) is 65.9 Å². The highest BCUT2D eigenvalue weighted by atomic mass is 16.5. The van der Waals surface area contributed by atoms with E-state index in [9.17, 15) is 9.59 Å². The van der Waals surface area contributed by atoms with Crippen LogP contribution in [0.1, 0.15) is 23.7 Å². The third-order valence-corrected chi connectivity index (χ3v) is 5.42. The second kappa shape index (κ2) is 9.65. The summed E-state index contributed by atoms with van der Waals surface area (Å²) in [4.78, 5) is 25.2. The van der Waals surface area contributed by atoms with Gasteiger partial charge >= 0.3 is 0 Å². The second-order valence-electron chi connectivity index (χ2n) is 7.57. The average molecular weight is 434 g/mol. The number of benzene rings is 2. The number of carbonyl (C=O) groups excluding carboxylic acids is 2. The van der Waals surface area contributed by atoms with E-state index in [0.29, 0.717) is 23.8 Å². The summed E-state index contributed by atoms with van der Waals surface area (Å²) in [7, 11) is 3.20.